The zero-order chi connectivity index (χ0) is 16.0. The summed E-state index contributed by atoms with van der Waals surface area (Å²) >= 11 is 6.10. The van der Waals surface area contributed by atoms with Crippen molar-refractivity contribution in [2.24, 2.45) is 5.41 Å². The molecular formula is C16H20ClF3N2. The van der Waals surface area contributed by atoms with Crippen LogP contribution >= 0.6 is 11.6 Å². The van der Waals surface area contributed by atoms with Crippen LogP contribution < -0.4 is 0 Å². The van der Waals surface area contributed by atoms with E-state index in [-0.39, 0.29) is 0 Å². The zero-order valence-electron chi connectivity index (χ0n) is 12.6. The lowest BCUT2D eigenvalue weighted by Crippen LogP contribution is -2.29. The van der Waals surface area contributed by atoms with Gasteiger partial charge in [-0.05, 0) is 62.2 Å². The van der Waals surface area contributed by atoms with Crippen LogP contribution in [0.15, 0.2) is 18.2 Å². The largest absolute Gasteiger partial charge is 0.416 e. The van der Waals surface area contributed by atoms with Gasteiger partial charge >= 0.3 is 6.18 Å². The van der Waals surface area contributed by atoms with Gasteiger partial charge < -0.3 is 4.90 Å². The number of halogens is 4. The van der Waals surface area contributed by atoms with Crippen LogP contribution in [0.4, 0.5) is 13.2 Å². The summed E-state index contributed by atoms with van der Waals surface area (Å²) in [5.41, 5.74) is 0.268. The zero-order valence-corrected chi connectivity index (χ0v) is 13.3. The minimum Gasteiger partial charge on any atom is -0.306 e. The molecule has 2 heterocycles. The molecule has 1 unspecified atom stereocenters. The summed E-state index contributed by atoms with van der Waals surface area (Å²) in [5.74, 6) is 0. The van der Waals surface area contributed by atoms with E-state index in [1.165, 1.54) is 18.6 Å². The van der Waals surface area contributed by atoms with Gasteiger partial charge in [0.25, 0.3) is 0 Å². The first kappa shape index (κ1) is 16.1. The van der Waals surface area contributed by atoms with Crippen LogP contribution in [-0.2, 0) is 12.7 Å². The molecule has 1 spiro atoms. The maximum atomic E-state index is 12.8. The summed E-state index contributed by atoms with van der Waals surface area (Å²) in [4.78, 5) is 4.57. The van der Waals surface area contributed by atoms with Crippen molar-refractivity contribution < 1.29 is 13.2 Å². The number of alkyl halides is 3. The Morgan fingerprint density at radius 3 is 2.55 bits per heavy atom. The molecule has 122 valence electrons. The SMILES string of the molecule is CN1CCC2(CCN(Cc3cc(C(F)(F)F)ccc3Cl)C2)C1. The molecule has 22 heavy (non-hydrogen) atoms. The molecule has 0 aliphatic carbocycles. The monoisotopic (exact) mass is 332 g/mol. The number of rotatable bonds is 2. The summed E-state index contributed by atoms with van der Waals surface area (Å²) < 4.78 is 38.5. The maximum absolute atomic E-state index is 12.8. The van der Waals surface area contributed by atoms with E-state index < -0.39 is 11.7 Å². The van der Waals surface area contributed by atoms with E-state index in [2.05, 4.69) is 16.8 Å². The first-order valence-electron chi connectivity index (χ1n) is 7.54. The Morgan fingerprint density at radius 1 is 1.18 bits per heavy atom. The van der Waals surface area contributed by atoms with Gasteiger partial charge in [0.05, 0.1) is 5.56 Å². The summed E-state index contributed by atoms with van der Waals surface area (Å²) in [6.45, 7) is 4.57. The van der Waals surface area contributed by atoms with Crippen LogP contribution in [0.2, 0.25) is 5.02 Å². The highest BCUT2D eigenvalue weighted by Gasteiger charge is 2.42. The molecule has 3 rings (SSSR count). The molecule has 0 aromatic heterocycles. The molecule has 1 atom stereocenters. The summed E-state index contributed by atoms with van der Waals surface area (Å²) in [6.07, 6.45) is -2.02. The Kier molecular flexibility index (Phi) is 4.16. The number of likely N-dealkylation sites (tertiary alicyclic amines) is 2. The Balaban J connectivity index is 1.72. The summed E-state index contributed by atoms with van der Waals surface area (Å²) in [7, 11) is 2.13. The van der Waals surface area contributed by atoms with Gasteiger partial charge in [-0.15, -0.1) is 0 Å². The lowest BCUT2D eigenvalue weighted by atomic mass is 9.86. The third kappa shape index (κ3) is 3.26. The lowest BCUT2D eigenvalue weighted by Gasteiger charge is -2.24. The van der Waals surface area contributed by atoms with Crippen molar-refractivity contribution in [2.45, 2.75) is 25.6 Å². The highest BCUT2D eigenvalue weighted by Crippen LogP contribution is 2.40. The van der Waals surface area contributed by atoms with Crippen molar-refractivity contribution in [3.63, 3.8) is 0 Å². The standard InChI is InChI=1S/C16H20ClF3N2/c1-21-6-4-15(10-21)5-7-22(11-15)9-12-8-13(16(18,19)20)2-3-14(12)17/h2-3,8H,4-7,9-11H2,1H3. The van der Waals surface area contributed by atoms with E-state index in [9.17, 15) is 13.2 Å². The van der Waals surface area contributed by atoms with Crippen molar-refractivity contribution in [1.29, 1.82) is 0 Å². The first-order chi connectivity index (χ1) is 10.3. The second kappa shape index (κ2) is 5.69. The average Bonchev–Trinajstić information content (AvgIpc) is 2.98. The maximum Gasteiger partial charge on any atom is 0.416 e. The van der Waals surface area contributed by atoms with Crippen LogP contribution in [0.1, 0.15) is 24.0 Å². The normalized spacial score (nSPS) is 27.1. The number of hydrogen-bond donors (Lipinski definition) is 0. The van der Waals surface area contributed by atoms with Crippen molar-refractivity contribution in [1.82, 2.24) is 9.80 Å². The second-order valence-electron chi connectivity index (χ2n) is 6.75. The Morgan fingerprint density at radius 2 is 1.91 bits per heavy atom. The van der Waals surface area contributed by atoms with E-state index in [0.29, 0.717) is 22.5 Å². The van der Waals surface area contributed by atoms with Gasteiger partial charge in [0.15, 0.2) is 0 Å². The van der Waals surface area contributed by atoms with Gasteiger partial charge in [0.1, 0.15) is 0 Å². The molecular weight excluding hydrogens is 313 g/mol. The first-order valence-corrected chi connectivity index (χ1v) is 7.92. The number of hydrogen-bond acceptors (Lipinski definition) is 2. The van der Waals surface area contributed by atoms with Gasteiger partial charge in [-0.2, -0.15) is 13.2 Å². The molecule has 6 heteroatoms. The molecule has 2 fully saturated rings. The highest BCUT2D eigenvalue weighted by atomic mass is 35.5. The Hall–Kier alpha value is -0.780. The molecule has 1 aromatic carbocycles. The third-order valence-electron chi connectivity index (χ3n) is 4.91. The van der Waals surface area contributed by atoms with E-state index in [4.69, 9.17) is 11.6 Å². The predicted molar refractivity (Wildman–Crippen MR) is 80.9 cm³/mol. The van der Waals surface area contributed by atoms with Crippen LogP contribution in [0, 0.1) is 5.41 Å². The highest BCUT2D eigenvalue weighted by molar-refractivity contribution is 6.31. The van der Waals surface area contributed by atoms with Crippen LogP contribution in [0.25, 0.3) is 0 Å². The Bertz CT molecular complexity index is 561. The fourth-order valence-electron chi connectivity index (χ4n) is 3.77. The van der Waals surface area contributed by atoms with Crippen molar-refractivity contribution in [3.05, 3.63) is 34.3 Å². The predicted octanol–water partition coefficient (Wildman–Crippen LogP) is 3.89. The van der Waals surface area contributed by atoms with Crippen molar-refractivity contribution in [3.8, 4) is 0 Å². The molecule has 0 N–H and O–H groups in total. The van der Waals surface area contributed by atoms with E-state index >= 15 is 0 Å². The second-order valence-corrected chi connectivity index (χ2v) is 7.16. The smallest absolute Gasteiger partial charge is 0.306 e. The summed E-state index contributed by atoms with van der Waals surface area (Å²) in [6, 6.07) is 3.59. The third-order valence-corrected chi connectivity index (χ3v) is 5.28. The van der Waals surface area contributed by atoms with Gasteiger partial charge in [-0.3, -0.25) is 4.90 Å². The van der Waals surface area contributed by atoms with Gasteiger partial charge in [-0.25, -0.2) is 0 Å². The molecule has 2 aliphatic heterocycles. The molecule has 2 saturated heterocycles. The molecule has 0 saturated carbocycles. The number of nitrogens with zero attached hydrogens (tertiary/aromatic N) is 2. The van der Waals surface area contributed by atoms with Crippen molar-refractivity contribution >= 4 is 11.6 Å². The fraction of sp³-hybridized carbons (Fsp3) is 0.625. The average molecular weight is 333 g/mol. The molecule has 0 amide bonds. The van der Waals surface area contributed by atoms with E-state index in [0.717, 1.165) is 38.7 Å². The number of benzene rings is 1. The summed E-state index contributed by atoms with van der Waals surface area (Å²) in [5, 5.41) is 0.414. The van der Waals surface area contributed by atoms with Crippen LogP contribution in [0.3, 0.4) is 0 Å². The van der Waals surface area contributed by atoms with Crippen molar-refractivity contribution in [2.75, 3.05) is 33.2 Å². The van der Waals surface area contributed by atoms with Crippen LogP contribution in [-0.4, -0.2) is 43.0 Å². The minimum absolute atomic E-state index is 0.322. The molecule has 0 radical (unpaired) electrons. The quantitative estimate of drug-likeness (QED) is 0.810. The van der Waals surface area contributed by atoms with Gasteiger partial charge in [-0.1, -0.05) is 11.6 Å². The molecule has 2 aliphatic rings. The minimum atomic E-state index is -4.32. The fourth-order valence-corrected chi connectivity index (χ4v) is 3.94. The molecule has 2 nitrogen and oxygen atoms in total. The Labute approximate surface area is 133 Å². The topological polar surface area (TPSA) is 6.48 Å². The van der Waals surface area contributed by atoms with Crippen LogP contribution in [0.5, 0.6) is 0 Å². The molecule has 0 bridgehead atoms. The molecule has 1 aromatic rings. The van der Waals surface area contributed by atoms with E-state index in [1.54, 1.807) is 0 Å². The van der Waals surface area contributed by atoms with Gasteiger partial charge in [0.2, 0.25) is 0 Å². The van der Waals surface area contributed by atoms with Gasteiger partial charge in [0, 0.05) is 24.7 Å². The van der Waals surface area contributed by atoms with E-state index in [1.807, 2.05) is 0 Å². The lowest BCUT2D eigenvalue weighted by molar-refractivity contribution is -0.137.